The third-order valence-electron chi connectivity index (χ3n) is 4.61. The molecule has 1 heterocycles. The Labute approximate surface area is 158 Å². The molecular formula is C25H31N. The van der Waals surface area contributed by atoms with E-state index < -0.39 is 0 Å². The van der Waals surface area contributed by atoms with E-state index >= 15 is 0 Å². The molecule has 1 atom stereocenters. The Morgan fingerprint density at radius 2 is 1.88 bits per heavy atom. The topological polar surface area (TPSA) is 12.9 Å². The second-order valence-corrected chi connectivity index (χ2v) is 6.67. The van der Waals surface area contributed by atoms with Crippen molar-refractivity contribution in [1.82, 2.24) is 4.98 Å². The summed E-state index contributed by atoms with van der Waals surface area (Å²) < 4.78 is 0. The van der Waals surface area contributed by atoms with Gasteiger partial charge in [0.05, 0.1) is 5.69 Å². The molecule has 0 saturated carbocycles. The third kappa shape index (κ3) is 5.29. The van der Waals surface area contributed by atoms with E-state index in [4.69, 9.17) is 4.98 Å². The van der Waals surface area contributed by atoms with Crippen molar-refractivity contribution in [2.75, 3.05) is 0 Å². The first kappa shape index (κ1) is 19.9. The largest absolute Gasteiger partial charge is 0.256 e. The lowest BCUT2D eigenvalue weighted by Crippen LogP contribution is -2.08. The van der Waals surface area contributed by atoms with Crippen molar-refractivity contribution in [1.29, 1.82) is 0 Å². The average molecular weight is 346 g/mol. The van der Waals surface area contributed by atoms with E-state index in [1.54, 1.807) is 0 Å². The minimum absolute atomic E-state index is 0.532. The van der Waals surface area contributed by atoms with Crippen molar-refractivity contribution in [3.05, 3.63) is 84.8 Å². The molecule has 1 aromatic heterocycles. The van der Waals surface area contributed by atoms with Crippen molar-refractivity contribution >= 4 is 16.3 Å². The fourth-order valence-corrected chi connectivity index (χ4v) is 3.14. The van der Waals surface area contributed by atoms with Crippen LogP contribution in [0.5, 0.6) is 0 Å². The molecule has 1 nitrogen and oxygen atoms in total. The van der Waals surface area contributed by atoms with Gasteiger partial charge in [0.2, 0.25) is 0 Å². The van der Waals surface area contributed by atoms with Gasteiger partial charge in [-0.1, -0.05) is 74.1 Å². The summed E-state index contributed by atoms with van der Waals surface area (Å²) in [6, 6.07) is 10.6. The Morgan fingerprint density at radius 1 is 1.12 bits per heavy atom. The summed E-state index contributed by atoms with van der Waals surface area (Å²) in [5, 5.41) is 2.53. The molecule has 1 heteroatoms. The summed E-state index contributed by atoms with van der Waals surface area (Å²) in [5.74, 6) is 0.532. The monoisotopic (exact) mass is 345 g/mol. The molecule has 0 bridgehead atoms. The van der Waals surface area contributed by atoms with Gasteiger partial charge in [0.25, 0.3) is 0 Å². The molecule has 136 valence electrons. The number of pyridine rings is 1. The Morgan fingerprint density at radius 3 is 2.62 bits per heavy atom. The highest BCUT2D eigenvalue weighted by atomic mass is 14.7. The normalized spacial score (nSPS) is 16.7. The van der Waals surface area contributed by atoms with E-state index in [9.17, 15) is 0 Å². The van der Waals surface area contributed by atoms with Gasteiger partial charge in [0, 0.05) is 11.6 Å². The van der Waals surface area contributed by atoms with Crippen molar-refractivity contribution in [2.24, 2.45) is 5.92 Å². The maximum Gasteiger partial charge on any atom is 0.0743 e. The smallest absolute Gasteiger partial charge is 0.0743 e. The lowest BCUT2D eigenvalue weighted by molar-refractivity contribution is 0.682. The van der Waals surface area contributed by atoms with Crippen LogP contribution in [0.2, 0.25) is 0 Å². The maximum absolute atomic E-state index is 4.72. The number of allylic oxidation sites excluding steroid dienone is 7. The number of hydrogen-bond acceptors (Lipinski definition) is 1. The zero-order valence-electron chi connectivity index (χ0n) is 16.4. The number of rotatable bonds is 5. The predicted octanol–water partition coefficient (Wildman–Crippen LogP) is 7.52. The van der Waals surface area contributed by atoms with Crippen LogP contribution in [0.4, 0.5) is 0 Å². The molecular weight excluding hydrogens is 314 g/mol. The first-order valence-corrected chi connectivity index (χ1v) is 9.69. The van der Waals surface area contributed by atoms with Gasteiger partial charge in [-0.15, -0.1) is 6.58 Å². The summed E-state index contributed by atoms with van der Waals surface area (Å²) in [6.45, 7) is 9.91. The van der Waals surface area contributed by atoms with Crippen molar-refractivity contribution in [2.45, 2.75) is 46.5 Å². The molecule has 0 amide bonds. The summed E-state index contributed by atoms with van der Waals surface area (Å²) >= 11 is 0. The Kier molecular flexibility index (Phi) is 8.08. The van der Waals surface area contributed by atoms with Gasteiger partial charge in [-0.25, -0.2) is 0 Å². The Hall–Kier alpha value is -2.41. The minimum atomic E-state index is 0.532. The second-order valence-electron chi connectivity index (χ2n) is 6.67. The van der Waals surface area contributed by atoms with E-state index in [-0.39, 0.29) is 0 Å². The predicted molar refractivity (Wildman–Crippen MR) is 116 cm³/mol. The molecule has 0 N–H and O–H groups in total. The number of fused-ring (bicyclic) bond motifs is 1. The third-order valence-corrected chi connectivity index (χ3v) is 4.61. The molecule has 1 aliphatic carbocycles. The fraction of sp³-hybridized carbons (Fsp3) is 0.320. The SMILES string of the molecule is C=CCC.CCC=CCC1CC=C(C)C=C1c1nccc2ccccc12. The van der Waals surface area contributed by atoms with Gasteiger partial charge >= 0.3 is 0 Å². The highest BCUT2D eigenvalue weighted by Crippen LogP contribution is 2.36. The van der Waals surface area contributed by atoms with Gasteiger partial charge in [0.1, 0.15) is 0 Å². The molecule has 26 heavy (non-hydrogen) atoms. The summed E-state index contributed by atoms with van der Waals surface area (Å²) in [7, 11) is 0. The van der Waals surface area contributed by atoms with E-state index in [0.717, 1.165) is 31.4 Å². The molecule has 0 spiro atoms. The van der Waals surface area contributed by atoms with Crippen LogP contribution in [-0.4, -0.2) is 4.98 Å². The van der Waals surface area contributed by atoms with E-state index in [1.807, 2.05) is 12.3 Å². The molecule has 3 rings (SSSR count). The van der Waals surface area contributed by atoms with Crippen LogP contribution >= 0.6 is 0 Å². The van der Waals surface area contributed by atoms with Crippen LogP contribution < -0.4 is 0 Å². The molecule has 0 fully saturated rings. The number of hydrogen-bond donors (Lipinski definition) is 0. The average Bonchev–Trinajstić information content (AvgIpc) is 2.69. The summed E-state index contributed by atoms with van der Waals surface area (Å²) in [4.78, 5) is 4.72. The summed E-state index contributed by atoms with van der Waals surface area (Å²) in [5.41, 5.74) is 3.89. The molecule has 1 aliphatic rings. The highest BCUT2D eigenvalue weighted by Gasteiger charge is 2.20. The number of nitrogens with zero attached hydrogens (tertiary/aromatic N) is 1. The van der Waals surface area contributed by atoms with Crippen LogP contribution in [0.1, 0.15) is 52.1 Å². The van der Waals surface area contributed by atoms with E-state index in [0.29, 0.717) is 5.92 Å². The minimum Gasteiger partial charge on any atom is -0.256 e. The zero-order valence-corrected chi connectivity index (χ0v) is 16.4. The molecule has 0 radical (unpaired) electrons. The number of aromatic nitrogens is 1. The van der Waals surface area contributed by atoms with Gasteiger partial charge in [-0.3, -0.25) is 4.98 Å². The van der Waals surface area contributed by atoms with Crippen molar-refractivity contribution < 1.29 is 0 Å². The van der Waals surface area contributed by atoms with Crippen molar-refractivity contribution in [3.8, 4) is 0 Å². The van der Waals surface area contributed by atoms with Crippen LogP contribution in [0.15, 0.2) is 79.1 Å². The highest BCUT2D eigenvalue weighted by molar-refractivity contribution is 5.93. The van der Waals surface area contributed by atoms with Crippen LogP contribution in [0.3, 0.4) is 0 Å². The Bertz CT molecular complexity index is 803. The summed E-state index contributed by atoms with van der Waals surface area (Å²) in [6.07, 6.45) is 17.4. The zero-order chi connectivity index (χ0) is 18.8. The lowest BCUT2D eigenvalue weighted by atomic mass is 9.83. The van der Waals surface area contributed by atoms with Gasteiger partial charge in [-0.05, 0) is 55.6 Å². The molecule has 1 unspecified atom stereocenters. The molecule has 0 saturated heterocycles. The fourth-order valence-electron chi connectivity index (χ4n) is 3.14. The van der Waals surface area contributed by atoms with Gasteiger partial charge in [0.15, 0.2) is 0 Å². The molecule has 2 aromatic rings. The first-order valence-electron chi connectivity index (χ1n) is 9.69. The van der Waals surface area contributed by atoms with Gasteiger partial charge in [-0.2, -0.15) is 0 Å². The number of benzene rings is 1. The quantitative estimate of drug-likeness (QED) is 0.510. The van der Waals surface area contributed by atoms with E-state index in [2.05, 4.69) is 82.0 Å². The lowest BCUT2D eigenvalue weighted by Gasteiger charge is -2.23. The standard InChI is InChI=1S/C21H23N.C4H8/c1-3-4-5-8-17-12-11-16(2)15-20(17)21-19-10-7-6-9-18(19)13-14-22-21;1-3-4-2/h4-7,9-11,13-15,17H,3,8,12H2,1-2H3;3H,1,4H2,2H3. The Balaban J connectivity index is 0.000000552. The van der Waals surface area contributed by atoms with Gasteiger partial charge < -0.3 is 0 Å². The van der Waals surface area contributed by atoms with Crippen LogP contribution in [0.25, 0.3) is 16.3 Å². The van der Waals surface area contributed by atoms with Crippen LogP contribution in [0, 0.1) is 5.92 Å². The molecule has 0 aliphatic heterocycles. The second kappa shape index (κ2) is 10.6. The van der Waals surface area contributed by atoms with E-state index in [1.165, 1.54) is 21.9 Å². The van der Waals surface area contributed by atoms with Crippen molar-refractivity contribution in [3.63, 3.8) is 0 Å². The van der Waals surface area contributed by atoms with Crippen LogP contribution in [-0.2, 0) is 0 Å². The first-order chi connectivity index (χ1) is 12.7. The maximum atomic E-state index is 4.72. The molecule has 1 aromatic carbocycles.